The van der Waals surface area contributed by atoms with E-state index in [0.717, 1.165) is 25.7 Å². The van der Waals surface area contributed by atoms with Crippen LogP contribution in [0.25, 0.3) is 0 Å². The van der Waals surface area contributed by atoms with Crippen molar-refractivity contribution in [3.63, 3.8) is 0 Å². The zero-order valence-corrected chi connectivity index (χ0v) is 8.69. The Bertz CT molecular complexity index is 143. The monoisotopic (exact) mass is 204 g/mol. The van der Waals surface area contributed by atoms with E-state index < -0.39 is 0 Å². The van der Waals surface area contributed by atoms with Gasteiger partial charge in [-0.05, 0) is 38.5 Å². The minimum absolute atomic E-state index is 0.222. The molecule has 0 aliphatic heterocycles. The summed E-state index contributed by atoms with van der Waals surface area (Å²) in [6.45, 7) is 1.77. The van der Waals surface area contributed by atoms with Gasteiger partial charge in [0.15, 0.2) is 6.29 Å². The molecule has 0 spiro atoms. The van der Waals surface area contributed by atoms with Crippen LogP contribution in [0.3, 0.4) is 0 Å². The molecular formula is C10H20O4. The van der Waals surface area contributed by atoms with Gasteiger partial charge in [0.05, 0.1) is 6.10 Å². The Hall–Kier alpha value is -0.160. The average molecular weight is 204 g/mol. The van der Waals surface area contributed by atoms with E-state index in [9.17, 15) is 0 Å². The van der Waals surface area contributed by atoms with E-state index in [2.05, 4.69) is 0 Å². The van der Waals surface area contributed by atoms with Crippen LogP contribution in [0.2, 0.25) is 0 Å². The SMILES string of the molecule is CC(OCO)OC1CCC(CO)CC1. The molecule has 1 atom stereocenters. The van der Waals surface area contributed by atoms with Crippen molar-refractivity contribution >= 4 is 0 Å². The first-order chi connectivity index (χ1) is 6.76. The van der Waals surface area contributed by atoms with Gasteiger partial charge in [0, 0.05) is 6.61 Å². The van der Waals surface area contributed by atoms with Crippen molar-refractivity contribution in [3.8, 4) is 0 Å². The first-order valence-electron chi connectivity index (χ1n) is 5.25. The van der Waals surface area contributed by atoms with Crippen molar-refractivity contribution in [1.29, 1.82) is 0 Å². The van der Waals surface area contributed by atoms with Crippen LogP contribution in [-0.2, 0) is 9.47 Å². The van der Waals surface area contributed by atoms with Gasteiger partial charge in [-0.1, -0.05) is 0 Å². The summed E-state index contributed by atoms with van der Waals surface area (Å²) in [5, 5.41) is 17.5. The molecule has 0 aromatic rings. The second-order valence-electron chi connectivity index (χ2n) is 3.82. The minimum atomic E-state index is -0.337. The largest absolute Gasteiger partial charge is 0.396 e. The molecule has 1 aliphatic rings. The molecule has 1 unspecified atom stereocenters. The Labute approximate surface area is 84.8 Å². The highest BCUT2D eigenvalue weighted by molar-refractivity contribution is 4.72. The lowest BCUT2D eigenvalue weighted by Gasteiger charge is -2.29. The van der Waals surface area contributed by atoms with E-state index in [0.29, 0.717) is 5.92 Å². The summed E-state index contributed by atoms with van der Waals surface area (Å²) in [5.74, 6) is 0.448. The topological polar surface area (TPSA) is 58.9 Å². The summed E-state index contributed by atoms with van der Waals surface area (Å²) in [5.41, 5.74) is 0. The molecule has 1 aliphatic carbocycles. The summed E-state index contributed by atoms with van der Waals surface area (Å²) in [6, 6.07) is 0. The van der Waals surface area contributed by atoms with Gasteiger partial charge in [0.1, 0.15) is 6.79 Å². The molecule has 0 amide bonds. The maximum atomic E-state index is 8.94. The van der Waals surface area contributed by atoms with Crippen LogP contribution in [0, 0.1) is 5.92 Å². The summed E-state index contributed by atoms with van der Waals surface area (Å²) in [4.78, 5) is 0. The third-order valence-electron chi connectivity index (χ3n) is 2.75. The fourth-order valence-electron chi connectivity index (χ4n) is 1.87. The van der Waals surface area contributed by atoms with E-state index in [1.807, 2.05) is 0 Å². The van der Waals surface area contributed by atoms with Crippen molar-refractivity contribution < 1.29 is 19.7 Å². The highest BCUT2D eigenvalue weighted by atomic mass is 16.7. The third-order valence-corrected chi connectivity index (χ3v) is 2.75. The molecule has 0 radical (unpaired) electrons. The van der Waals surface area contributed by atoms with Crippen LogP contribution in [0.1, 0.15) is 32.6 Å². The van der Waals surface area contributed by atoms with E-state index in [4.69, 9.17) is 19.7 Å². The zero-order valence-electron chi connectivity index (χ0n) is 8.69. The normalized spacial score (nSPS) is 30.2. The van der Waals surface area contributed by atoms with Gasteiger partial charge in [-0.15, -0.1) is 0 Å². The first-order valence-corrected chi connectivity index (χ1v) is 5.25. The number of hydrogen-bond acceptors (Lipinski definition) is 4. The maximum Gasteiger partial charge on any atom is 0.158 e. The van der Waals surface area contributed by atoms with Crippen LogP contribution in [0.15, 0.2) is 0 Å². The van der Waals surface area contributed by atoms with Crippen LogP contribution >= 0.6 is 0 Å². The first kappa shape index (κ1) is 11.9. The molecule has 4 nitrogen and oxygen atoms in total. The van der Waals surface area contributed by atoms with E-state index in [1.54, 1.807) is 6.92 Å². The smallest absolute Gasteiger partial charge is 0.158 e. The van der Waals surface area contributed by atoms with Gasteiger partial charge in [-0.2, -0.15) is 0 Å². The molecule has 0 heterocycles. The van der Waals surface area contributed by atoms with Gasteiger partial charge in [0.25, 0.3) is 0 Å². The van der Waals surface area contributed by atoms with Crippen molar-refractivity contribution in [3.05, 3.63) is 0 Å². The quantitative estimate of drug-likeness (QED) is 0.652. The van der Waals surface area contributed by atoms with Crippen LogP contribution in [-0.4, -0.2) is 36.0 Å². The van der Waals surface area contributed by atoms with Gasteiger partial charge >= 0.3 is 0 Å². The van der Waals surface area contributed by atoms with Crippen molar-refractivity contribution in [2.24, 2.45) is 5.92 Å². The number of ether oxygens (including phenoxy) is 2. The van der Waals surface area contributed by atoms with Gasteiger partial charge < -0.3 is 19.7 Å². The number of rotatable bonds is 5. The lowest BCUT2D eigenvalue weighted by molar-refractivity contribution is -0.198. The molecular weight excluding hydrogens is 184 g/mol. The minimum Gasteiger partial charge on any atom is -0.396 e. The molecule has 84 valence electrons. The molecule has 0 aromatic carbocycles. The third kappa shape index (κ3) is 3.92. The van der Waals surface area contributed by atoms with Crippen molar-refractivity contribution in [2.45, 2.75) is 45.0 Å². The number of hydrogen-bond donors (Lipinski definition) is 2. The molecule has 0 aromatic heterocycles. The van der Waals surface area contributed by atoms with E-state index in [1.165, 1.54) is 0 Å². The molecule has 1 saturated carbocycles. The van der Waals surface area contributed by atoms with Gasteiger partial charge in [-0.3, -0.25) is 0 Å². The van der Waals surface area contributed by atoms with E-state index >= 15 is 0 Å². The lowest BCUT2D eigenvalue weighted by Crippen LogP contribution is -2.28. The van der Waals surface area contributed by atoms with Crippen LogP contribution in [0.4, 0.5) is 0 Å². The van der Waals surface area contributed by atoms with Gasteiger partial charge in [0.2, 0.25) is 0 Å². The molecule has 4 heteroatoms. The van der Waals surface area contributed by atoms with Crippen LogP contribution < -0.4 is 0 Å². The fraction of sp³-hybridized carbons (Fsp3) is 1.00. The molecule has 1 rings (SSSR count). The second-order valence-corrected chi connectivity index (χ2v) is 3.82. The molecule has 14 heavy (non-hydrogen) atoms. The Morgan fingerprint density at radius 2 is 1.86 bits per heavy atom. The molecule has 2 N–H and O–H groups in total. The molecule has 0 saturated heterocycles. The van der Waals surface area contributed by atoms with Crippen molar-refractivity contribution in [2.75, 3.05) is 13.4 Å². The summed E-state index contributed by atoms with van der Waals surface area (Å²) < 4.78 is 10.4. The number of aliphatic hydroxyl groups is 2. The number of aliphatic hydroxyl groups excluding tert-OH is 2. The highest BCUT2D eigenvalue weighted by Crippen LogP contribution is 2.26. The summed E-state index contributed by atoms with van der Waals surface area (Å²) >= 11 is 0. The van der Waals surface area contributed by atoms with Crippen molar-refractivity contribution in [1.82, 2.24) is 0 Å². The fourth-order valence-corrected chi connectivity index (χ4v) is 1.87. The Balaban J connectivity index is 2.15. The molecule has 1 fully saturated rings. The standard InChI is InChI=1S/C10H20O4/c1-8(13-7-12)14-10-4-2-9(6-11)3-5-10/h8-12H,2-7H2,1H3. The van der Waals surface area contributed by atoms with Crippen LogP contribution in [0.5, 0.6) is 0 Å². The Morgan fingerprint density at radius 1 is 1.21 bits per heavy atom. The average Bonchev–Trinajstić information content (AvgIpc) is 2.19. The summed E-state index contributed by atoms with van der Waals surface area (Å²) in [7, 11) is 0. The predicted octanol–water partition coefficient (Wildman–Crippen LogP) is 0.867. The molecule has 0 bridgehead atoms. The second kappa shape index (κ2) is 6.35. The van der Waals surface area contributed by atoms with Gasteiger partial charge in [-0.25, -0.2) is 0 Å². The van der Waals surface area contributed by atoms with E-state index in [-0.39, 0.29) is 25.8 Å². The highest BCUT2D eigenvalue weighted by Gasteiger charge is 2.22. The predicted molar refractivity (Wildman–Crippen MR) is 51.5 cm³/mol. The lowest BCUT2D eigenvalue weighted by atomic mass is 9.88. The maximum absolute atomic E-state index is 8.94. The Kier molecular flexibility index (Phi) is 5.40. The summed E-state index contributed by atoms with van der Waals surface area (Å²) in [6.07, 6.45) is 3.88. The zero-order chi connectivity index (χ0) is 10.4. The Morgan fingerprint density at radius 3 is 2.36 bits per heavy atom.